The zero-order valence-electron chi connectivity index (χ0n) is 24.3. The lowest BCUT2D eigenvalue weighted by molar-refractivity contribution is 0.171. The Labute approximate surface area is 272 Å². The molecule has 0 bridgehead atoms. The van der Waals surface area contributed by atoms with Crippen molar-refractivity contribution in [3.05, 3.63) is 99.6 Å². The highest BCUT2D eigenvalue weighted by atomic mass is 35.5. The second kappa shape index (κ2) is 12.7. The summed E-state index contributed by atoms with van der Waals surface area (Å²) in [5.41, 5.74) is 4.88. The van der Waals surface area contributed by atoms with Gasteiger partial charge in [-0.15, -0.1) is 22.7 Å². The minimum absolute atomic E-state index is 0.495. The Morgan fingerprint density at radius 2 is 1.36 bits per heavy atom. The highest BCUT2D eigenvalue weighted by molar-refractivity contribution is 7.17. The second-order valence-corrected chi connectivity index (χ2v) is 12.3. The van der Waals surface area contributed by atoms with Gasteiger partial charge in [0.05, 0.1) is 10.8 Å². The third kappa shape index (κ3) is 6.15. The third-order valence-corrected chi connectivity index (χ3v) is 9.30. The summed E-state index contributed by atoms with van der Waals surface area (Å²) in [6.07, 6.45) is 3.47. The van der Waals surface area contributed by atoms with Gasteiger partial charge in [0.1, 0.15) is 45.2 Å². The van der Waals surface area contributed by atoms with Crippen molar-refractivity contribution in [2.75, 3.05) is 18.5 Å². The van der Waals surface area contributed by atoms with Crippen LogP contribution in [0.15, 0.2) is 77.8 Å². The highest BCUT2D eigenvalue weighted by Gasteiger charge is 2.16. The fourth-order valence-electron chi connectivity index (χ4n) is 4.85. The van der Waals surface area contributed by atoms with Gasteiger partial charge in [0.25, 0.3) is 0 Å². The molecule has 0 saturated heterocycles. The first-order valence-corrected chi connectivity index (χ1v) is 16.3. The molecule has 1 aromatic carbocycles. The van der Waals surface area contributed by atoms with Gasteiger partial charge >= 0.3 is 0 Å². The summed E-state index contributed by atoms with van der Waals surface area (Å²) in [4.78, 5) is 28.7. The van der Waals surface area contributed by atoms with Gasteiger partial charge in [0.15, 0.2) is 23.1 Å². The molecule has 0 spiro atoms. The van der Waals surface area contributed by atoms with Gasteiger partial charge in [-0.3, -0.25) is 9.97 Å². The van der Waals surface area contributed by atoms with Crippen LogP contribution >= 0.6 is 34.3 Å². The van der Waals surface area contributed by atoms with Gasteiger partial charge in [0, 0.05) is 18.9 Å². The van der Waals surface area contributed by atoms with E-state index in [-0.39, 0.29) is 0 Å². The summed E-state index contributed by atoms with van der Waals surface area (Å²) in [6.45, 7) is 5.89. The first-order chi connectivity index (χ1) is 22.0. The predicted octanol–water partition coefficient (Wildman–Crippen LogP) is 8.16. The van der Waals surface area contributed by atoms with E-state index in [9.17, 15) is 0 Å². The maximum absolute atomic E-state index is 6.19. The molecule has 1 aliphatic rings. The van der Waals surface area contributed by atoms with Crippen molar-refractivity contribution in [1.82, 2.24) is 29.9 Å². The molecule has 0 radical (unpaired) electrons. The fraction of sp³-hybridized carbons (Fsp3) is 0.152. The van der Waals surface area contributed by atoms with Gasteiger partial charge < -0.3 is 14.8 Å². The summed E-state index contributed by atoms with van der Waals surface area (Å²) < 4.78 is 11.3. The summed E-state index contributed by atoms with van der Waals surface area (Å²) >= 11 is 9.38. The highest BCUT2D eigenvalue weighted by Crippen LogP contribution is 2.34. The van der Waals surface area contributed by atoms with Gasteiger partial charge in [-0.1, -0.05) is 29.8 Å². The van der Waals surface area contributed by atoms with Crippen LogP contribution in [0.4, 0.5) is 5.82 Å². The summed E-state index contributed by atoms with van der Waals surface area (Å²) in [5.74, 6) is 3.61. The number of rotatable bonds is 5. The van der Waals surface area contributed by atoms with Gasteiger partial charge in [0.2, 0.25) is 0 Å². The molecule has 12 heteroatoms. The molecule has 8 rings (SSSR count). The molecule has 0 unspecified atom stereocenters. The Hall–Kier alpha value is -4.71. The number of halogens is 1. The number of benzene rings is 1. The summed E-state index contributed by atoms with van der Waals surface area (Å²) in [6, 6.07) is 17.4. The predicted molar refractivity (Wildman–Crippen MR) is 181 cm³/mol. The second-order valence-electron chi connectivity index (χ2n) is 10.2. The maximum atomic E-state index is 6.19. The maximum Gasteiger partial charge on any atom is 0.181 e. The molecular weight excluding hydrogens is 626 g/mol. The van der Waals surface area contributed by atoms with Crippen LogP contribution in [0.2, 0.25) is 5.15 Å². The first-order valence-electron chi connectivity index (χ1n) is 14.2. The first kappa shape index (κ1) is 29.0. The number of nitrogens with zero attached hydrogens (tertiary/aromatic N) is 6. The van der Waals surface area contributed by atoms with Crippen molar-refractivity contribution in [3.8, 4) is 34.5 Å². The van der Waals surface area contributed by atoms with Crippen LogP contribution in [0.25, 0.3) is 43.5 Å². The minimum atomic E-state index is 0.495. The molecule has 0 aliphatic carbocycles. The zero-order chi connectivity index (χ0) is 30.8. The molecule has 0 saturated carbocycles. The molecule has 0 amide bonds. The van der Waals surface area contributed by atoms with Crippen LogP contribution in [0.3, 0.4) is 0 Å². The number of pyridine rings is 2. The van der Waals surface area contributed by atoms with E-state index in [1.54, 1.807) is 35.1 Å². The zero-order valence-corrected chi connectivity index (χ0v) is 26.7. The molecule has 1 N–H and O–H groups in total. The number of aryl methyl sites for hydroxylation is 2. The summed E-state index contributed by atoms with van der Waals surface area (Å²) in [5, 5.41) is 10.1. The quantitative estimate of drug-likeness (QED) is 0.184. The number of aromatic nitrogens is 6. The van der Waals surface area contributed by atoms with Crippen LogP contribution in [0.5, 0.6) is 11.5 Å². The van der Waals surface area contributed by atoms with Crippen LogP contribution in [-0.2, 0) is 6.54 Å². The lowest BCUT2D eigenvalue weighted by Crippen LogP contribution is -2.15. The van der Waals surface area contributed by atoms with Crippen molar-refractivity contribution in [2.24, 2.45) is 0 Å². The molecule has 7 heterocycles. The van der Waals surface area contributed by atoms with Crippen molar-refractivity contribution < 1.29 is 9.47 Å². The average Bonchev–Trinajstić information content (AvgIpc) is 3.66. The SMILES string of the molecule is Cc1csc2nc(-c3ccccn3)nc(Cl)c12.Cc1csc2nc(-c3ccccn3)nc(NCc3ccc4c(c3)OCCO4)c12. The number of nitrogens with one attached hydrogen (secondary N) is 1. The van der Waals surface area contributed by atoms with E-state index in [2.05, 4.69) is 37.6 Å². The van der Waals surface area contributed by atoms with Crippen molar-refractivity contribution in [1.29, 1.82) is 0 Å². The van der Waals surface area contributed by atoms with E-state index in [1.807, 2.05) is 66.9 Å². The van der Waals surface area contributed by atoms with Gasteiger partial charge in [-0.2, -0.15) is 0 Å². The topological polar surface area (TPSA) is 108 Å². The Kier molecular flexibility index (Phi) is 8.21. The van der Waals surface area contributed by atoms with Gasteiger partial charge in [-0.05, 0) is 77.7 Å². The average molecular weight is 652 g/mol. The smallest absolute Gasteiger partial charge is 0.181 e. The van der Waals surface area contributed by atoms with Crippen molar-refractivity contribution in [2.45, 2.75) is 20.4 Å². The third-order valence-electron chi connectivity index (χ3n) is 7.05. The van der Waals surface area contributed by atoms with Crippen LogP contribution in [-0.4, -0.2) is 43.1 Å². The van der Waals surface area contributed by atoms with Crippen molar-refractivity contribution >= 4 is 60.5 Å². The molecule has 1 aliphatic heterocycles. The molecule has 224 valence electrons. The van der Waals surface area contributed by atoms with E-state index >= 15 is 0 Å². The number of fused-ring (bicyclic) bond motifs is 3. The molecule has 0 atom stereocenters. The van der Waals surface area contributed by atoms with Crippen LogP contribution in [0.1, 0.15) is 16.7 Å². The molecular formula is C33H26ClN7O2S2. The molecule has 9 nitrogen and oxygen atoms in total. The molecule has 45 heavy (non-hydrogen) atoms. The summed E-state index contributed by atoms with van der Waals surface area (Å²) in [7, 11) is 0. The molecule has 0 fully saturated rings. The van der Waals surface area contributed by atoms with Crippen LogP contribution < -0.4 is 14.8 Å². The lowest BCUT2D eigenvalue weighted by atomic mass is 10.2. The number of thiophene rings is 2. The van der Waals surface area contributed by atoms with E-state index in [4.69, 9.17) is 31.0 Å². The van der Waals surface area contributed by atoms with E-state index in [0.29, 0.717) is 36.6 Å². The Bertz CT molecular complexity index is 2120. The van der Waals surface area contributed by atoms with Gasteiger partial charge in [-0.25, -0.2) is 19.9 Å². The number of hydrogen-bond donors (Lipinski definition) is 1. The number of ether oxygens (including phenoxy) is 2. The number of anilines is 1. The Balaban J connectivity index is 0.000000163. The fourth-order valence-corrected chi connectivity index (χ4v) is 7.07. The standard InChI is InChI=1S/C21H18N4O2S.C12H8ClN3S/c1-13-12-28-21-18(13)20(24-19(25-21)15-4-2-3-7-22-15)23-11-14-5-6-16-17(10-14)27-9-8-26-16;1-7-6-17-12-9(7)10(13)15-11(16-12)8-4-2-3-5-14-8/h2-7,10,12H,8-9,11H2,1H3,(H,23,24,25);2-6H,1H3. The monoisotopic (exact) mass is 651 g/mol. The largest absolute Gasteiger partial charge is 0.486 e. The molecule has 6 aromatic heterocycles. The van der Waals surface area contributed by atoms with E-state index in [1.165, 1.54) is 0 Å². The van der Waals surface area contributed by atoms with Crippen LogP contribution in [0, 0.1) is 13.8 Å². The van der Waals surface area contributed by atoms with Crippen molar-refractivity contribution in [3.63, 3.8) is 0 Å². The van der Waals surface area contributed by atoms with E-state index in [0.717, 1.165) is 65.8 Å². The minimum Gasteiger partial charge on any atom is -0.486 e. The van der Waals surface area contributed by atoms with E-state index < -0.39 is 0 Å². The Morgan fingerprint density at radius 1 is 0.733 bits per heavy atom. The number of hydrogen-bond acceptors (Lipinski definition) is 11. The molecule has 7 aromatic rings. The normalized spacial score (nSPS) is 12.2. The lowest BCUT2D eigenvalue weighted by Gasteiger charge is -2.19. The Morgan fingerprint density at radius 3 is 2.02 bits per heavy atom.